The van der Waals surface area contributed by atoms with Gasteiger partial charge >= 0.3 is 0 Å². The number of nitrogens with zero attached hydrogens (tertiary/aromatic N) is 3. The molecular formula is C12H15N3O. The van der Waals surface area contributed by atoms with Crippen molar-refractivity contribution in [2.24, 2.45) is 0 Å². The quantitative estimate of drug-likeness (QED) is 0.754. The lowest BCUT2D eigenvalue weighted by Gasteiger charge is -2.34. The first-order valence-electron chi connectivity index (χ1n) is 5.55. The summed E-state index contributed by atoms with van der Waals surface area (Å²) in [6.45, 7) is 4.51. The maximum atomic E-state index is 9.04. The van der Waals surface area contributed by atoms with E-state index in [0.29, 0.717) is 5.56 Å². The lowest BCUT2D eigenvalue weighted by atomic mass is 10.1. The molecule has 4 heteroatoms. The highest BCUT2D eigenvalue weighted by Gasteiger charge is 2.20. The average molecular weight is 217 g/mol. The molecule has 0 radical (unpaired) electrons. The van der Waals surface area contributed by atoms with Crippen LogP contribution in [-0.4, -0.2) is 30.8 Å². The van der Waals surface area contributed by atoms with E-state index in [-0.39, 0.29) is 6.10 Å². The number of aromatic nitrogens is 1. The molecule has 0 amide bonds. The largest absolute Gasteiger partial charge is 0.375 e. The Balaban J connectivity index is 2.20. The van der Waals surface area contributed by atoms with Crippen LogP contribution >= 0.6 is 0 Å². The molecule has 1 unspecified atom stereocenters. The lowest BCUT2D eigenvalue weighted by Crippen LogP contribution is -2.42. The highest BCUT2D eigenvalue weighted by Crippen LogP contribution is 2.21. The Morgan fingerprint density at radius 3 is 3.31 bits per heavy atom. The number of anilines is 1. The van der Waals surface area contributed by atoms with Crippen molar-refractivity contribution in [2.45, 2.75) is 19.4 Å². The minimum atomic E-state index is 0.264. The zero-order chi connectivity index (χ0) is 11.4. The molecule has 0 bridgehead atoms. The number of hydrogen-bond donors (Lipinski definition) is 0. The average Bonchev–Trinajstić information content (AvgIpc) is 2.38. The van der Waals surface area contributed by atoms with Crippen LogP contribution in [-0.2, 0) is 4.74 Å². The molecule has 0 saturated carbocycles. The molecule has 16 heavy (non-hydrogen) atoms. The normalized spacial score (nSPS) is 20.5. The van der Waals surface area contributed by atoms with E-state index in [9.17, 15) is 0 Å². The first kappa shape index (κ1) is 10.9. The molecule has 1 saturated heterocycles. The number of pyridine rings is 1. The van der Waals surface area contributed by atoms with Gasteiger partial charge in [0.2, 0.25) is 0 Å². The van der Waals surface area contributed by atoms with Crippen LogP contribution in [0.15, 0.2) is 18.5 Å². The second-order valence-electron chi connectivity index (χ2n) is 3.85. The van der Waals surface area contributed by atoms with Gasteiger partial charge in [-0.2, -0.15) is 5.26 Å². The number of ether oxygens (including phenoxy) is 1. The van der Waals surface area contributed by atoms with Gasteiger partial charge in [-0.25, -0.2) is 0 Å². The molecule has 84 valence electrons. The molecule has 2 heterocycles. The van der Waals surface area contributed by atoms with Gasteiger partial charge in [0.25, 0.3) is 0 Å². The molecule has 1 atom stereocenters. The van der Waals surface area contributed by atoms with Crippen molar-refractivity contribution in [3.05, 3.63) is 24.0 Å². The summed E-state index contributed by atoms with van der Waals surface area (Å²) < 4.78 is 5.61. The van der Waals surface area contributed by atoms with Crippen molar-refractivity contribution >= 4 is 5.69 Å². The number of nitriles is 1. The highest BCUT2D eigenvalue weighted by atomic mass is 16.5. The Bertz CT molecular complexity index is 399. The molecule has 0 aromatic carbocycles. The molecule has 1 aromatic rings. The number of morpholine rings is 1. The summed E-state index contributed by atoms with van der Waals surface area (Å²) >= 11 is 0. The first-order chi connectivity index (χ1) is 7.85. The van der Waals surface area contributed by atoms with Crippen molar-refractivity contribution in [1.29, 1.82) is 5.26 Å². The Kier molecular flexibility index (Phi) is 3.37. The van der Waals surface area contributed by atoms with E-state index in [2.05, 4.69) is 22.9 Å². The third-order valence-electron chi connectivity index (χ3n) is 2.86. The molecule has 1 aliphatic rings. The maximum Gasteiger partial charge on any atom is 0.101 e. The van der Waals surface area contributed by atoms with Crippen molar-refractivity contribution in [1.82, 2.24) is 4.98 Å². The smallest absolute Gasteiger partial charge is 0.101 e. The molecule has 0 spiro atoms. The predicted molar refractivity (Wildman–Crippen MR) is 61.2 cm³/mol. The van der Waals surface area contributed by atoms with Gasteiger partial charge in [0.1, 0.15) is 6.07 Å². The lowest BCUT2D eigenvalue weighted by molar-refractivity contribution is 0.0384. The van der Waals surface area contributed by atoms with Crippen LogP contribution in [0.2, 0.25) is 0 Å². The zero-order valence-corrected chi connectivity index (χ0v) is 9.39. The minimum Gasteiger partial charge on any atom is -0.375 e. The van der Waals surface area contributed by atoms with Crippen molar-refractivity contribution < 1.29 is 4.74 Å². The standard InChI is InChI=1S/C12H15N3O/c1-2-11-9-15(5-6-16-11)12-8-14-4-3-10(12)7-13/h3-4,8,11H,2,5-6,9H2,1H3. The summed E-state index contributed by atoms with van der Waals surface area (Å²) in [7, 11) is 0. The first-order valence-corrected chi connectivity index (χ1v) is 5.55. The van der Waals surface area contributed by atoms with E-state index in [4.69, 9.17) is 10.00 Å². The Morgan fingerprint density at radius 2 is 2.56 bits per heavy atom. The number of hydrogen-bond acceptors (Lipinski definition) is 4. The van der Waals surface area contributed by atoms with E-state index in [1.807, 2.05) is 0 Å². The summed E-state index contributed by atoms with van der Waals surface area (Å²) in [5, 5.41) is 9.04. The second-order valence-corrected chi connectivity index (χ2v) is 3.85. The fraction of sp³-hybridized carbons (Fsp3) is 0.500. The van der Waals surface area contributed by atoms with Gasteiger partial charge in [-0.1, -0.05) is 6.92 Å². The van der Waals surface area contributed by atoms with Crippen LogP contribution in [0.1, 0.15) is 18.9 Å². The highest BCUT2D eigenvalue weighted by molar-refractivity contribution is 5.57. The number of rotatable bonds is 2. The van der Waals surface area contributed by atoms with E-state index in [0.717, 1.165) is 31.8 Å². The Hall–Kier alpha value is -1.60. The monoisotopic (exact) mass is 217 g/mol. The van der Waals surface area contributed by atoms with E-state index < -0.39 is 0 Å². The molecule has 1 aromatic heterocycles. The summed E-state index contributed by atoms with van der Waals surface area (Å²) in [4.78, 5) is 6.27. The van der Waals surface area contributed by atoms with Gasteiger partial charge in [0.05, 0.1) is 30.2 Å². The topological polar surface area (TPSA) is 49.2 Å². The maximum absolute atomic E-state index is 9.04. The Morgan fingerprint density at radius 1 is 1.69 bits per heavy atom. The van der Waals surface area contributed by atoms with Gasteiger partial charge in [-0.15, -0.1) is 0 Å². The van der Waals surface area contributed by atoms with Gasteiger partial charge in [-0.05, 0) is 12.5 Å². The zero-order valence-electron chi connectivity index (χ0n) is 9.39. The SMILES string of the molecule is CCC1CN(c2cnccc2C#N)CCO1. The summed E-state index contributed by atoms with van der Waals surface area (Å²) in [5.74, 6) is 0. The van der Waals surface area contributed by atoms with E-state index >= 15 is 0 Å². The van der Waals surface area contributed by atoms with Crippen LogP contribution in [0, 0.1) is 11.3 Å². The fourth-order valence-electron chi connectivity index (χ4n) is 1.92. The summed E-state index contributed by atoms with van der Waals surface area (Å²) in [6, 6.07) is 3.96. The minimum absolute atomic E-state index is 0.264. The van der Waals surface area contributed by atoms with Gasteiger partial charge in [0, 0.05) is 19.3 Å². The molecular weight excluding hydrogens is 202 g/mol. The second kappa shape index (κ2) is 4.95. The van der Waals surface area contributed by atoms with Crippen molar-refractivity contribution in [2.75, 3.05) is 24.6 Å². The van der Waals surface area contributed by atoms with Crippen LogP contribution < -0.4 is 4.90 Å². The van der Waals surface area contributed by atoms with Crippen molar-refractivity contribution in [3.8, 4) is 6.07 Å². The van der Waals surface area contributed by atoms with Gasteiger partial charge in [-0.3, -0.25) is 4.98 Å². The molecule has 4 nitrogen and oxygen atoms in total. The third kappa shape index (κ3) is 2.15. The van der Waals surface area contributed by atoms with E-state index in [1.165, 1.54) is 0 Å². The molecule has 1 aliphatic heterocycles. The molecule has 1 fully saturated rings. The molecule has 0 N–H and O–H groups in total. The molecule has 2 rings (SSSR count). The summed E-state index contributed by atoms with van der Waals surface area (Å²) in [6.07, 6.45) is 4.68. The predicted octanol–water partition coefficient (Wildman–Crippen LogP) is 1.57. The van der Waals surface area contributed by atoms with Crippen LogP contribution in [0.3, 0.4) is 0 Å². The van der Waals surface area contributed by atoms with Gasteiger partial charge < -0.3 is 9.64 Å². The van der Waals surface area contributed by atoms with Gasteiger partial charge in [0.15, 0.2) is 0 Å². The van der Waals surface area contributed by atoms with Crippen molar-refractivity contribution in [3.63, 3.8) is 0 Å². The third-order valence-corrected chi connectivity index (χ3v) is 2.86. The summed E-state index contributed by atoms with van der Waals surface area (Å²) in [5.41, 5.74) is 1.61. The Labute approximate surface area is 95.5 Å². The van der Waals surface area contributed by atoms with Crippen LogP contribution in [0.4, 0.5) is 5.69 Å². The van der Waals surface area contributed by atoms with Crippen LogP contribution in [0.25, 0.3) is 0 Å². The van der Waals surface area contributed by atoms with Crippen LogP contribution in [0.5, 0.6) is 0 Å². The van der Waals surface area contributed by atoms with E-state index in [1.54, 1.807) is 18.5 Å². The molecule has 0 aliphatic carbocycles. The fourth-order valence-corrected chi connectivity index (χ4v) is 1.92.